The van der Waals surface area contributed by atoms with Crippen molar-refractivity contribution in [3.8, 4) is 0 Å². The van der Waals surface area contributed by atoms with Crippen LogP contribution in [0.25, 0.3) is 0 Å². The number of amides is 1. The van der Waals surface area contributed by atoms with Crippen LogP contribution >= 0.6 is 0 Å². The minimum absolute atomic E-state index is 0.331. The van der Waals surface area contributed by atoms with Gasteiger partial charge < -0.3 is 20.3 Å². The number of hydrogen-bond donors (Lipinski definition) is 2. The van der Waals surface area contributed by atoms with Crippen molar-refractivity contribution < 1.29 is 9.53 Å². The maximum absolute atomic E-state index is 11.4. The molecule has 1 saturated heterocycles. The third-order valence-corrected chi connectivity index (χ3v) is 3.25. The highest BCUT2D eigenvalue weighted by Gasteiger charge is 2.16. The summed E-state index contributed by atoms with van der Waals surface area (Å²) in [7, 11) is 0. The first-order chi connectivity index (χ1) is 9.37. The summed E-state index contributed by atoms with van der Waals surface area (Å²) in [5, 5.41) is 6.27. The topological polar surface area (TPSA) is 53.6 Å². The van der Waals surface area contributed by atoms with Crippen LogP contribution in [-0.2, 0) is 4.74 Å². The van der Waals surface area contributed by atoms with Crippen LogP contribution in [0.5, 0.6) is 0 Å². The number of nitrogens with one attached hydrogen (secondary N) is 2. The van der Waals surface area contributed by atoms with Crippen LogP contribution in [0, 0.1) is 0 Å². The molecule has 2 N–H and O–H groups in total. The van der Waals surface area contributed by atoms with E-state index in [1.807, 2.05) is 20.8 Å². The Morgan fingerprint density at radius 3 is 2.50 bits per heavy atom. The summed E-state index contributed by atoms with van der Waals surface area (Å²) in [5.74, 6) is 0. The zero-order valence-corrected chi connectivity index (χ0v) is 13.5. The molecule has 0 radical (unpaired) electrons. The number of likely N-dealkylation sites (tertiary alicyclic amines) is 1. The van der Waals surface area contributed by atoms with Crippen molar-refractivity contribution in [3.63, 3.8) is 0 Å². The summed E-state index contributed by atoms with van der Waals surface area (Å²) in [6, 6.07) is 0.509. The van der Waals surface area contributed by atoms with Crippen molar-refractivity contribution in [1.82, 2.24) is 15.5 Å². The molecule has 0 aromatic carbocycles. The number of carbonyl (C=O) groups excluding carboxylic acids is 1. The average molecular weight is 285 g/mol. The van der Waals surface area contributed by atoms with Gasteiger partial charge in [-0.3, -0.25) is 0 Å². The maximum Gasteiger partial charge on any atom is 0.407 e. The molecular formula is C15H31N3O2. The second kappa shape index (κ2) is 8.47. The Morgan fingerprint density at radius 1 is 1.25 bits per heavy atom. The molecule has 1 aliphatic heterocycles. The summed E-state index contributed by atoms with van der Waals surface area (Å²) in [5.41, 5.74) is -0.424. The predicted octanol–water partition coefficient (Wildman–Crippen LogP) is 1.98. The minimum Gasteiger partial charge on any atom is -0.444 e. The van der Waals surface area contributed by atoms with Crippen molar-refractivity contribution in [3.05, 3.63) is 0 Å². The monoisotopic (exact) mass is 285 g/mol. The highest BCUT2D eigenvalue weighted by atomic mass is 16.6. The maximum atomic E-state index is 11.4. The van der Waals surface area contributed by atoms with Gasteiger partial charge in [-0.1, -0.05) is 0 Å². The Kier molecular flexibility index (Phi) is 7.30. The molecule has 0 bridgehead atoms. The van der Waals surface area contributed by atoms with Gasteiger partial charge in [0.1, 0.15) is 5.60 Å². The molecule has 1 fully saturated rings. The standard InChI is InChI=1S/C15H31N3O2/c1-13(12-18-10-5-6-11-18)16-8-7-9-17-14(19)20-15(2,3)4/h13,16H,5-12H2,1-4H3,(H,17,19). The zero-order chi connectivity index (χ0) is 15.0. The van der Waals surface area contributed by atoms with Crippen molar-refractivity contribution in [2.24, 2.45) is 0 Å². The first kappa shape index (κ1) is 17.2. The van der Waals surface area contributed by atoms with Gasteiger partial charge in [-0.2, -0.15) is 0 Å². The number of ether oxygens (including phenoxy) is 1. The molecule has 1 heterocycles. The Balaban J connectivity index is 1.97. The van der Waals surface area contributed by atoms with E-state index in [9.17, 15) is 4.79 Å². The van der Waals surface area contributed by atoms with Gasteiger partial charge in [-0.25, -0.2) is 4.79 Å². The van der Waals surface area contributed by atoms with Gasteiger partial charge in [-0.05, 0) is 66.6 Å². The normalized spacial score (nSPS) is 18.0. The molecule has 0 aromatic heterocycles. The lowest BCUT2D eigenvalue weighted by Gasteiger charge is -2.21. The molecule has 1 aliphatic rings. The number of rotatable bonds is 7. The van der Waals surface area contributed by atoms with E-state index in [0.29, 0.717) is 12.6 Å². The Hall–Kier alpha value is -0.810. The van der Waals surface area contributed by atoms with E-state index in [1.54, 1.807) is 0 Å². The molecule has 0 aromatic rings. The number of hydrogen-bond acceptors (Lipinski definition) is 4. The van der Waals surface area contributed by atoms with Crippen molar-refractivity contribution >= 4 is 6.09 Å². The number of carbonyl (C=O) groups is 1. The van der Waals surface area contributed by atoms with Crippen molar-refractivity contribution in [2.45, 2.75) is 58.6 Å². The highest BCUT2D eigenvalue weighted by Crippen LogP contribution is 2.07. The molecule has 1 unspecified atom stereocenters. The minimum atomic E-state index is -0.424. The van der Waals surface area contributed by atoms with Gasteiger partial charge in [0, 0.05) is 19.1 Å². The molecule has 118 valence electrons. The summed E-state index contributed by atoms with van der Waals surface area (Å²) >= 11 is 0. The first-order valence-corrected chi connectivity index (χ1v) is 7.79. The zero-order valence-electron chi connectivity index (χ0n) is 13.5. The summed E-state index contributed by atoms with van der Waals surface area (Å²) in [6.07, 6.45) is 3.27. The first-order valence-electron chi connectivity index (χ1n) is 7.79. The fraction of sp³-hybridized carbons (Fsp3) is 0.933. The second-order valence-electron chi connectivity index (χ2n) is 6.65. The molecule has 20 heavy (non-hydrogen) atoms. The number of alkyl carbamates (subject to hydrolysis) is 1. The van der Waals surface area contributed by atoms with E-state index in [2.05, 4.69) is 22.5 Å². The average Bonchev–Trinajstić information content (AvgIpc) is 2.78. The lowest BCUT2D eigenvalue weighted by Crippen LogP contribution is -2.39. The Labute approximate surface area is 123 Å². The molecular weight excluding hydrogens is 254 g/mol. The van der Waals surface area contributed by atoms with E-state index in [4.69, 9.17) is 4.74 Å². The van der Waals surface area contributed by atoms with E-state index in [1.165, 1.54) is 25.9 Å². The lowest BCUT2D eigenvalue weighted by atomic mass is 10.2. The van der Waals surface area contributed by atoms with Gasteiger partial charge in [0.25, 0.3) is 0 Å². The second-order valence-corrected chi connectivity index (χ2v) is 6.65. The molecule has 0 spiro atoms. The van der Waals surface area contributed by atoms with E-state index >= 15 is 0 Å². The highest BCUT2D eigenvalue weighted by molar-refractivity contribution is 5.67. The van der Waals surface area contributed by atoms with Gasteiger partial charge in [0.05, 0.1) is 0 Å². The van der Waals surface area contributed by atoms with Gasteiger partial charge in [0.15, 0.2) is 0 Å². The van der Waals surface area contributed by atoms with Crippen LogP contribution < -0.4 is 10.6 Å². The van der Waals surface area contributed by atoms with Crippen molar-refractivity contribution in [1.29, 1.82) is 0 Å². The van der Waals surface area contributed by atoms with Crippen LogP contribution in [0.15, 0.2) is 0 Å². The fourth-order valence-corrected chi connectivity index (χ4v) is 2.36. The fourth-order valence-electron chi connectivity index (χ4n) is 2.36. The van der Waals surface area contributed by atoms with Gasteiger partial charge >= 0.3 is 6.09 Å². The third kappa shape index (κ3) is 8.38. The Morgan fingerprint density at radius 2 is 1.90 bits per heavy atom. The van der Waals surface area contributed by atoms with E-state index in [-0.39, 0.29) is 6.09 Å². The molecule has 5 heteroatoms. The lowest BCUT2D eigenvalue weighted by molar-refractivity contribution is 0.0527. The molecule has 0 aliphatic carbocycles. The van der Waals surface area contributed by atoms with Gasteiger partial charge in [0.2, 0.25) is 0 Å². The molecule has 5 nitrogen and oxygen atoms in total. The van der Waals surface area contributed by atoms with Crippen LogP contribution in [0.1, 0.15) is 47.0 Å². The van der Waals surface area contributed by atoms with E-state index in [0.717, 1.165) is 19.5 Å². The third-order valence-electron chi connectivity index (χ3n) is 3.25. The van der Waals surface area contributed by atoms with Crippen molar-refractivity contribution in [2.75, 3.05) is 32.7 Å². The summed E-state index contributed by atoms with van der Waals surface area (Å²) in [4.78, 5) is 13.9. The molecule has 1 atom stereocenters. The van der Waals surface area contributed by atoms with Crippen LogP contribution in [0.3, 0.4) is 0 Å². The number of nitrogens with zero attached hydrogens (tertiary/aromatic N) is 1. The smallest absolute Gasteiger partial charge is 0.407 e. The Bertz CT molecular complexity index is 283. The summed E-state index contributed by atoms with van der Waals surface area (Å²) < 4.78 is 5.18. The predicted molar refractivity (Wildman–Crippen MR) is 82.0 cm³/mol. The summed E-state index contributed by atoms with van der Waals surface area (Å²) in [6.45, 7) is 13.0. The van der Waals surface area contributed by atoms with Crippen LogP contribution in [0.2, 0.25) is 0 Å². The molecule has 1 rings (SSSR count). The van der Waals surface area contributed by atoms with Crippen LogP contribution in [0.4, 0.5) is 4.79 Å². The van der Waals surface area contributed by atoms with E-state index < -0.39 is 5.60 Å². The molecule has 0 saturated carbocycles. The quantitative estimate of drug-likeness (QED) is 0.702. The van der Waals surface area contributed by atoms with Gasteiger partial charge in [-0.15, -0.1) is 0 Å². The SMILES string of the molecule is CC(CN1CCCC1)NCCCNC(=O)OC(C)(C)C. The van der Waals surface area contributed by atoms with Crippen LogP contribution in [-0.4, -0.2) is 55.4 Å². The molecule has 1 amide bonds. The largest absolute Gasteiger partial charge is 0.444 e.